The van der Waals surface area contributed by atoms with E-state index < -0.39 is 0 Å². The van der Waals surface area contributed by atoms with E-state index in [0.29, 0.717) is 23.2 Å². The molecular formula is C10H11ClN3O+. The van der Waals surface area contributed by atoms with Crippen LogP contribution >= 0.6 is 11.6 Å². The molecule has 78 valence electrons. The summed E-state index contributed by atoms with van der Waals surface area (Å²) in [6.07, 6.45) is 0.692. The van der Waals surface area contributed by atoms with Gasteiger partial charge in [0.05, 0.1) is 18.0 Å². The Morgan fingerprint density at radius 2 is 2.13 bits per heavy atom. The van der Waals surface area contributed by atoms with Crippen molar-refractivity contribution in [1.29, 1.82) is 0 Å². The predicted octanol–water partition coefficient (Wildman–Crippen LogP) is 1.17. The molecule has 2 rings (SSSR count). The number of hydrogen-bond donors (Lipinski definition) is 1. The number of hydrogen-bond acceptors (Lipinski definition) is 3. The summed E-state index contributed by atoms with van der Waals surface area (Å²) in [6, 6.07) is 7.41. The van der Waals surface area contributed by atoms with Crippen LogP contribution in [0.25, 0.3) is 11.4 Å². The second-order valence-electron chi connectivity index (χ2n) is 3.10. The maximum Gasteiger partial charge on any atom is 0.232 e. The number of nitrogens with zero attached hydrogens (tertiary/aromatic N) is 2. The summed E-state index contributed by atoms with van der Waals surface area (Å²) in [4.78, 5) is 4.23. The van der Waals surface area contributed by atoms with Crippen molar-refractivity contribution in [1.82, 2.24) is 10.1 Å². The highest BCUT2D eigenvalue weighted by Crippen LogP contribution is 2.24. The molecule has 0 saturated carbocycles. The zero-order valence-corrected chi connectivity index (χ0v) is 8.87. The minimum Gasteiger partial charge on any atom is -0.357 e. The summed E-state index contributed by atoms with van der Waals surface area (Å²) in [6.45, 7) is 0.740. The number of aromatic nitrogens is 2. The summed E-state index contributed by atoms with van der Waals surface area (Å²) in [5, 5.41) is 4.49. The highest BCUT2D eigenvalue weighted by atomic mass is 35.5. The molecule has 0 unspecified atom stereocenters. The SMILES string of the molecule is [NH3+]CCc1nc(-c2ccccc2Cl)no1. The highest BCUT2D eigenvalue weighted by molar-refractivity contribution is 6.33. The molecule has 1 aromatic heterocycles. The predicted molar refractivity (Wildman–Crippen MR) is 56.2 cm³/mol. The van der Waals surface area contributed by atoms with Crippen LogP contribution in [-0.2, 0) is 6.42 Å². The van der Waals surface area contributed by atoms with Crippen LogP contribution < -0.4 is 5.73 Å². The molecule has 0 bridgehead atoms. The first-order valence-electron chi connectivity index (χ1n) is 4.68. The average molecular weight is 225 g/mol. The van der Waals surface area contributed by atoms with Crippen molar-refractivity contribution in [3.05, 3.63) is 35.2 Å². The quantitative estimate of drug-likeness (QED) is 0.851. The molecule has 0 aliphatic heterocycles. The van der Waals surface area contributed by atoms with E-state index in [9.17, 15) is 0 Å². The van der Waals surface area contributed by atoms with Crippen LogP contribution in [0.3, 0.4) is 0 Å². The molecule has 15 heavy (non-hydrogen) atoms. The Labute approximate surface area is 92.0 Å². The highest BCUT2D eigenvalue weighted by Gasteiger charge is 2.10. The van der Waals surface area contributed by atoms with Crippen LogP contribution in [0.2, 0.25) is 5.02 Å². The van der Waals surface area contributed by atoms with Gasteiger partial charge in [-0.3, -0.25) is 0 Å². The van der Waals surface area contributed by atoms with Crippen LogP contribution in [0.1, 0.15) is 5.89 Å². The Balaban J connectivity index is 2.33. The minimum absolute atomic E-state index is 0.532. The smallest absolute Gasteiger partial charge is 0.232 e. The number of halogens is 1. The average Bonchev–Trinajstić information content (AvgIpc) is 2.68. The molecule has 0 saturated heterocycles. The van der Waals surface area contributed by atoms with Crippen molar-refractivity contribution >= 4 is 11.6 Å². The van der Waals surface area contributed by atoms with Crippen molar-refractivity contribution in [3.8, 4) is 11.4 Å². The van der Waals surface area contributed by atoms with E-state index in [1.165, 1.54) is 0 Å². The summed E-state index contributed by atoms with van der Waals surface area (Å²) in [7, 11) is 0. The van der Waals surface area contributed by atoms with Crippen LogP contribution in [0.15, 0.2) is 28.8 Å². The van der Waals surface area contributed by atoms with E-state index in [-0.39, 0.29) is 0 Å². The molecule has 0 aliphatic carbocycles. The van der Waals surface area contributed by atoms with Crippen molar-refractivity contribution < 1.29 is 10.3 Å². The molecule has 0 amide bonds. The third-order valence-corrected chi connectivity index (χ3v) is 2.30. The molecule has 0 radical (unpaired) electrons. The maximum absolute atomic E-state index is 6.01. The molecule has 0 spiro atoms. The number of benzene rings is 1. The van der Waals surface area contributed by atoms with Gasteiger partial charge in [0, 0.05) is 5.56 Å². The Morgan fingerprint density at radius 3 is 2.87 bits per heavy atom. The molecule has 0 aliphatic rings. The van der Waals surface area contributed by atoms with Crippen LogP contribution in [0.4, 0.5) is 0 Å². The van der Waals surface area contributed by atoms with Crippen molar-refractivity contribution in [2.24, 2.45) is 0 Å². The molecule has 0 fully saturated rings. The largest absolute Gasteiger partial charge is 0.357 e. The standard InChI is InChI=1S/C10H10ClN3O/c11-8-4-2-1-3-7(8)10-13-9(5-6-12)15-14-10/h1-4H,5-6,12H2/p+1. The fourth-order valence-corrected chi connectivity index (χ4v) is 1.48. The molecule has 3 N–H and O–H groups in total. The Bertz CT molecular complexity index is 455. The second-order valence-corrected chi connectivity index (χ2v) is 3.50. The van der Waals surface area contributed by atoms with E-state index in [4.69, 9.17) is 16.1 Å². The first-order chi connectivity index (χ1) is 7.31. The lowest BCUT2D eigenvalue weighted by molar-refractivity contribution is -0.367. The van der Waals surface area contributed by atoms with Crippen molar-refractivity contribution in [2.45, 2.75) is 6.42 Å². The van der Waals surface area contributed by atoms with E-state index >= 15 is 0 Å². The van der Waals surface area contributed by atoms with Crippen LogP contribution in [0, 0.1) is 0 Å². The molecule has 1 aromatic carbocycles. The third kappa shape index (κ3) is 2.16. The summed E-state index contributed by atoms with van der Waals surface area (Å²) in [5.74, 6) is 1.13. The lowest BCUT2D eigenvalue weighted by atomic mass is 10.2. The van der Waals surface area contributed by atoms with Crippen molar-refractivity contribution in [3.63, 3.8) is 0 Å². The van der Waals surface area contributed by atoms with Gasteiger partial charge in [-0.1, -0.05) is 28.9 Å². The van der Waals surface area contributed by atoms with Gasteiger partial charge in [-0.2, -0.15) is 4.98 Å². The lowest BCUT2D eigenvalue weighted by Crippen LogP contribution is -2.51. The van der Waals surface area contributed by atoms with Gasteiger partial charge in [0.1, 0.15) is 0 Å². The van der Waals surface area contributed by atoms with Gasteiger partial charge in [0.15, 0.2) is 0 Å². The van der Waals surface area contributed by atoms with Gasteiger partial charge in [-0.05, 0) is 12.1 Å². The second kappa shape index (κ2) is 4.42. The summed E-state index contributed by atoms with van der Waals surface area (Å²) in [5.41, 5.74) is 4.52. The topological polar surface area (TPSA) is 66.6 Å². The monoisotopic (exact) mass is 224 g/mol. The van der Waals surface area contributed by atoms with Gasteiger partial charge in [0.25, 0.3) is 0 Å². The Morgan fingerprint density at radius 1 is 1.33 bits per heavy atom. The van der Waals surface area contributed by atoms with Gasteiger partial charge in [-0.25, -0.2) is 0 Å². The molecule has 5 heteroatoms. The summed E-state index contributed by atoms with van der Waals surface area (Å²) >= 11 is 6.01. The van der Waals surface area contributed by atoms with Crippen molar-refractivity contribution in [2.75, 3.05) is 6.54 Å². The molecule has 0 atom stereocenters. The van der Waals surface area contributed by atoms with Gasteiger partial charge in [0.2, 0.25) is 11.7 Å². The zero-order chi connectivity index (χ0) is 10.7. The lowest BCUT2D eigenvalue weighted by Gasteiger charge is -1.95. The van der Waals surface area contributed by atoms with Gasteiger partial charge < -0.3 is 10.3 Å². The third-order valence-electron chi connectivity index (χ3n) is 1.97. The number of quaternary nitrogens is 1. The molecule has 1 heterocycles. The fourth-order valence-electron chi connectivity index (χ4n) is 1.26. The van der Waals surface area contributed by atoms with E-state index in [0.717, 1.165) is 12.1 Å². The van der Waals surface area contributed by atoms with E-state index in [1.54, 1.807) is 6.07 Å². The van der Waals surface area contributed by atoms with Gasteiger partial charge in [-0.15, -0.1) is 0 Å². The first-order valence-corrected chi connectivity index (χ1v) is 5.06. The minimum atomic E-state index is 0.532. The Kier molecular flexibility index (Phi) is 2.99. The van der Waals surface area contributed by atoms with Crippen LogP contribution in [0.5, 0.6) is 0 Å². The molecular weight excluding hydrogens is 214 g/mol. The molecule has 4 nitrogen and oxygen atoms in total. The fraction of sp³-hybridized carbons (Fsp3) is 0.200. The zero-order valence-electron chi connectivity index (χ0n) is 8.11. The Hall–Kier alpha value is -1.39. The maximum atomic E-state index is 6.01. The van der Waals surface area contributed by atoms with Gasteiger partial charge >= 0.3 is 0 Å². The van der Waals surface area contributed by atoms with E-state index in [1.807, 2.05) is 18.2 Å². The van der Waals surface area contributed by atoms with E-state index in [2.05, 4.69) is 15.9 Å². The first kappa shape index (κ1) is 10.1. The number of rotatable bonds is 3. The molecule has 2 aromatic rings. The van der Waals surface area contributed by atoms with Crippen LogP contribution in [-0.4, -0.2) is 16.7 Å². The normalized spacial score (nSPS) is 10.5. The summed E-state index contributed by atoms with van der Waals surface area (Å²) < 4.78 is 5.05.